The number of nitrogens with one attached hydrogen (secondary N) is 2. The Hall–Kier alpha value is -2.39. The molecule has 1 aliphatic rings. The quantitative estimate of drug-likeness (QED) is 0.158. The van der Waals surface area contributed by atoms with Crippen molar-refractivity contribution >= 4 is 29.7 Å². The normalized spacial score (nSPS) is 15.4. The summed E-state index contributed by atoms with van der Waals surface area (Å²) in [6.07, 6.45) is 8.71. The third kappa shape index (κ3) is 11.9. The Morgan fingerprint density at radius 3 is 1.17 bits per heavy atom. The fourth-order valence-electron chi connectivity index (χ4n) is 4.83. The van der Waals surface area contributed by atoms with E-state index in [1.807, 2.05) is 43.3 Å². The van der Waals surface area contributed by atoms with Gasteiger partial charge in [0, 0.05) is 0 Å². The Kier molecular flexibility index (Phi) is 16.0. The number of benzene rings is 4. The van der Waals surface area contributed by atoms with Gasteiger partial charge in [-0.15, -0.1) is 0 Å². The van der Waals surface area contributed by atoms with Gasteiger partial charge in [0.15, 0.2) is 0 Å². The van der Waals surface area contributed by atoms with Crippen LogP contribution in [0.25, 0.3) is 0 Å². The zero-order valence-corrected chi connectivity index (χ0v) is 31.7. The van der Waals surface area contributed by atoms with Gasteiger partial charge in [-0.2, -0.15) is 0 Å². The van der Waals surface area contributed by atoms with Crippen LogP contribution in [0, 0.1) is 57.3 Å². The molecule has 2 atom stereocenters. The molecule has 4 aromatic carbocycles. The molecular weight excluding hydrogens is 749 g/mol. The number of hydrogen-bond acceptors (Lipinski definition) is 4. The van der Waals surface area contributed by atoms with Gasteiger partial charge in [0.25, 0.3) is 0 Å². The third-order valence-corrected chi connectivity index (χ3v) is 10.5. The van der Waals surface area contributed by atoms with E-state index in [0.29, 0.717) is 17.0 Å². The number of rotatable bonds is 10. The zero-order valence-electron chi connectivity index (χ0n) is 27.6. The Balaban J connectivity index is 0.000000442. The maximum atomic E-state index is 13.4. The predicted molar refractivity (Wildman–Crippen MR) is 191 cm³/mol. The Labute approximate surface area is 302 Å². The molecule has 5 rings (SSSR count). The van der Waals surface area contributed by atoms with Crippen molar-refractivity contribution in [3.63, 3.8) is 0 Å². The molecule has 48 heavy (non-hydrogen) atoms. The van der Waals surface area contributed by atoms with Gasteiger partial charge in [-0.1, -0.05) is 117 Å². The molecule has 0 bridgehead atoms. The van der Waals surface area contributed by atoms with Crippen LogP contribution in [-0.4, -0.2) is 16.8 Å². The molecule has 0 unspecified atom stereocenters. The SMILES string of the molecule is C[C]1[CH][CH][C](C(C)C)[CH][CH]1.Cc1ccc(S(=O)(=O)N[C@@H](c2ccccc2)[C@@H](NS(=O)(=O)c2ccc(C)cc2)c2ccccc2)cc1.[Cl][Ru]. The van der Waals surface area contributed by atoms with Gasteiger partial charge in [0.2, 0.25) is 20.0 Å². The molecule has 0 amide bonds. The van der Waals surface area contributed by atoms with Crippen molar-refractivity contribution in [1.82, 2.24) is 9.44 Å². The van der Waals surface area contributed by atoms with E-state index in [1.54, 1.807) is 72.8 Å². The minimum atomic E-state index is -3.99. The summed E-state index contributed by atoms with van der Waals surface area (Å²) >= 11 is 1.82. The van der Waals surface area contributed by atoms with Crippen molar-refractivity contribution in [2.24, 2.45) is 5.92 Å². The van der Waals surface area contributed by atoms with Crippen molar-refractivity contribution in [2.75, 3.05) is 0 Å². The monoisotopic (exact) mass is 791 g/mol. The van der Waals surface area contributed by atoms with Crippen LogP contribution in [0.4, 0.5) is 0 Å². The number of halogens is 1. The molecule has 1 aliphatic carbocycles. The molecule has 0 aromatic heterocycles. The van der Waals surface area contributed by atoms with Crippen molar-refractivity contribution in [3.8, 4) is 0 Å². The van der Waals surface area contributed by atoms with Crippen LogP contribution in [0.3, 0.4) is 0 Å². The molecule has 0 aliphatic heterocycles. The fourth-order valence-corrected chi connectivity index (χ4v) is 7.31. The van der Waals surface area contributed by atoms with Crippen LogP contribution in [0.2, 0.25) is 0 Å². The molecule has 4 aromatic rings. The Morgan fingerprint density at radius 2 is 0.854 bits per heavy atom. The maximum absolute atomic E-state index is 13.4. The molecule has 6 radical (unpaired) electrons. The average molecular weight is 791 g/mol. The molecule has 0 spiro atoms. The van der Waals surface area contributed by atoms with Crippen LogP contribution in [0.15, 0.2) is 119 Å². The van der Waals surface area contributed by atoms with Gasteiger partial charge < -0.3 is 0 Å². The number of sulfonamides is 2. The van der Waals surface area contributed by atoms with E-state index in [9.17, 15) is 16.8 Å². The second-order valence-electron chi connectivity index (χ2n) is 11.7. The summed E-state index contributed by atoms with van der Waals surface area (Å²) < 4.78 is 59.3. The Bertz CT molecular complexity index is 1610. The summed E-state index contributed by atoms with van der Waals surface area (Å²) in [5, 5.41) is 0. The van der Waals surface area contributed by atoms with Crippen LogP contribution in [0.1, 0.15) is 55.1 Å². The van der Waals surface area contributed by atoms with Crippen LogP contribution in [-0.2, 0) is 37.4 Å². The van der Waals surface area contributed by atoms with Gasteiger partial charge in [-0.3, -0.25) is 0 Å². The van der Waals surface area contributed by atoms with Crippen LogP contribution in [0.5, 0.6) is 0 Å². The molecule has 255 valence electrons. The summed E-state index contributed by atoms with van der Waals surface area (Å²) in [5.41, 5.74) is 3.10. The van der Waals surface area contributed by atoms with E-state index in [0.717, 1.165) is 11.1 Å². The summed E-state index contributed by atoms with van der Waals surface area (Å²) in [4.78, 5) is 0.199. The number of aryl methyl sites for hydroxylation is 2. The summed E-state index contributed by atoms with van der Waals surface area (Å²) in [6, 6.07) is 29.1. The van der Waals surface area contributed by atoms with E-state index in [-0.39, 0.29) is 9.79 Å². The van der Waals surface area contributed by atoms with Crippen molar-refractivity contribution in [3.05, 3.63) is 169 Å². The molecule has 1 fully saturated rings. The predicted octanol–water partition coefficient (Wildman–Crippen LogP) is 8.37. The summed E-state index contributed by atoms with van der Waals surface area (Å²) in [5.74, 6) is 3.41. The van der Waals surface area contributed by atoms with E-state index in [1.165, 1.54) is 36.1 Å². The topological polar surface area (TPSA) is 92.3 Å². The molecule has 0 saturated heterocycles. The molecule has 6 nitrogen and oxygen atoms in total. The van der Waals surface area contributed by atoms with Gasteiger partial charge in [-0.05, 0) is 92.7 Å². The molecular formula is C38H42ClN2O4RuS2. The molecule has 10 heteroatoms. The first kappa shape index (κ1) is 40.0. The van der Waals surface area contributed by atoms with Crippen LogP contribution < -0.4 is 9.44 Å². The second kappa shape index (κ2) is 19.1. The standard InChI is InChI=1S/C28H28N2O4S2.C10H14.ClH.Ru/c1-21-13-17-25(18-14-21)35(31,32)29-27(23-9-5-3-6-10-23)28(24-11-7-4-8-12-24)30-36(33,34)26-19-15-22(2)16-20-26;1-8(2)10-6-4-9(3)5-7-10;;/h3-20,27-30H,1-2H3;4-8H,1-3H3;1H;/q;;;+1/p-1/t27-,28-;;;/m0.../s1. The van der Waals surface area contributed by atoms with E-state index in [4.69, 9.17) is 0 Å². The Morgan fingerprint density at radius 1 is 0.521 bits per heavy atom. The second-order valence-corrected chi connectivity index (χ2v) is 15.1. The first-order valence-corrected chi connectivity index (χ1v) is 20.5. The summed E-state index contributed by atoms with van der Waals surface area (Å²) in [6.45, 7) is 10.3. The fraction of sp³-hybridized carbons (Fsp3) is 0.211. The molecule has 1 saturated carbocycles. The first-order valence-electron chi connectivity index (χ1n) is 15.3. The molecule has 0 heterocycles. The average Bonchev–Trinajstić information content (AvgIpc) is 3.09. The van der Waals surface area contributed by atoms with E-state index in [2.05, 4.69) is 65.6 Å². The van der Waals surface area contributed by atoms with Crippen molar-refractivity contribution in [1.29, 1.82) is 0 Å². The zero-order chi connectivity index (χ0) is 35.3. The van der Waals surface area contributed by atoms with Crippen molar-refractivity contribution in [2.45, 2.75) is 56.5 Å². The van der Waals surface area contributed by atoms with Gasteiger partial charge >= 0.3 is 27.0 Å². The summed E-state index contributed by atoms with van der Waals surface area (Å²) in [7, 11) is -3.41. The molecule has 2 N–H and O–H groups in total. The number of hydrogen-bond donors (Lipinski definition) is 2. The first-order chi connectivity index (χ1) is 22.9. The van der Waals surface area contributed by atoms with Gasteiger partial charge in [0.1, 0.15) is 0 Å². The minimum absolute atomic E-state index is 0.0993. The van der Waals surface area contributed by atoms with E-state index >= 15 is 0 Å². The van der Waals surface area contributed by atoms with Gasteiger partial charge in [0.05, 0.1) is 21.9 Å². The van der Waals surface area contributed by atoms with Crippen molar-refractivity contribution < 1.29 is 34.1 Å². The van der Waals surface area contributed by atoms with Crippen LogP contribution >= 0.6 is 9.69 Å². The third-order valence-electron chi connectivity index (χ3n) is 7.62. The van der Waals surface area contributed by atoms with Gasteiger partial charge in [-0.25, -0.2) is 26.3 Å². The van der Waals surface area contributed by atoms with E-state index < -0.39 is 32.1 Å².